The Labute approximate surface area is 126 Å². The highest BCUT2D eigenvalue weighted by Gasteiger charge is 2.12. The molecule has 0 radical (unpaired) electrons. The molecule has 0 aromatic heterocycles. The minimum absolute atomic E-state index is 0.0929. The molecule has 1 amide bonds. The van der Waals surface area contributed by atoms with E-state index in [2.05, 4.69) is 31.5 Å². The quantitative estimate of drug-likeness (QED) is 0.798. The van der Waals surface area contributed by atoms with Crippen LogP contribution in [0.15, 0.2) is 22.7 Å². The van der Waals surface area contributed by atoms with Gasteiger partial charge >= 0.3 is 0 Å². The van der Waals surface area contributed by atoms with Gasteiger partial charge < -0.3 is 15.5 Å². The Hall–Kier alpha value is -0.980. The Morgan fingerprint density at radius 2 is 2.15 bits per heavy atom. The molecule has 1 saturated heterocycles. The number of hydrogen-bond donors (Lipinski definition) is 2. The summed E-state index contributed by atoms with van der Waals surface area (Å²) in [5.41, 5.74) is 0.0929. The molecule has 0 unspecified atom stereocenters. The standard InChI is InChI=1S/C14H19BrFN3O/c15-11-2-3-12(13(16)10-11)14(20)18-4-1-7-19-8-5-17-6-9-19/h2-3,10,17H,1,4-9H2,(H,18,20). The fraction of sp³-hybridized carbons (Fsp3) is 0.500. The first-order chi connectivity index (χ1) is 9.66. The molecule has 4 nitrogen and oxygen atoms in total. The summed E-state index contributed by atoms with van der Waals surface area (Å²) in [6.45, 7) is 5.68. The lowest BCUT2D eigenvalue weighted by Crippen LogP contribution is -2.44. The van der Waals surface area contributed by atoms with Gasteiger partial charge in [-0.3, -0.25) is 4.79 Å². The van der Waals surface area contributed by atoms with E-state index in [1.165, 1.54) is 12.1 Å². The number of benzene rings is 1. The highest BCUT2D eigenvalue weighted by molar-refractivity contribution is 9.10. The minimum atomic E-state index is -0.501. The van der Waals surface area contributed by atoms with Gasteiger partial charge in [0.25, 0.3) is 5.91 Å². The van der Waals surface area contributed by atoms with Crippen LogP contribution in [0.3, 0.4) is 0 Å². The number of nitrogens with zero attached hydrogens (tertiary/aromatic N) is 1. The van der Waals surface area contributed by atoms with Crippen LogP contribution in [-0.4, -0.2) is 50.1 Å². The zero-order chi connectivity index (χ0) is 14.4. The van der Waals surface area contributed by atoms with Crippen molar-refractivity contribution in [1.29, 1.82) is 0 Å². The highest BCUT2D eigenvalue weighted by atomic mass is 79.9. The molecule has 0 bridgehead atoms. The first kappa shape index (κ1) is 15.4. The van der Waals surface area contributed by atoms with Gasteiger partial charge in [-0.15, -0.1) is 0 Å². The van der Waals surface area contributed by atoms with Crippen molar-refractivity contribution in [3.8, 4) is 0 Å². The number of carbonyl (C=O) groups is 1. The summed E-state index contributed by atoms with van der Waals surface area (Å²) in [6.07, 6.45) is 0.879. The number of halogens is 2. The van der Waals surface area contributed by atoms with Crippen molar-refractivity contribution in [1.82, 2.24) is 15.5 Å². The van der Waals surface area contributed by atoms with E-state index in [0.717, 1.165) is 39.1 Å². The maximum absolute atomic E-state index is 13.6. The molecule has 1 aliphatic rings. The third-order valence-electron chi connectivity index (χ3n) is 3.32. The molecule has 6 heteroatoms. The van der Waals surface area contributed by atoms with E-state index >= 15 is 0 Å². The van der Waals surface area contributed by atoms with E-state index in [-0.39, 0.29) is 11.5 Å². The Kier molecular flexibility index (Phi) is 5.94. The van der Waals surface area contributed by atoms with Crippen LogP contribution in [0.4, 0.5) is 4.39 Å². The molecular weight excluding hydrogens is 325 g/mol. The third kappa shape index (κ3) is 4.54. The second-order valence-corrected chi connectivity index (χ2v) is 5.74. The van der Waals surface area contributed by atoms with Gasteiger partial charge in [0.05, 0.1) is 5.56 Å². The smallest absolute Gasteiger partial charge is 0.254 e. The van der Waals surface area contributed by atoms with E-state index in [1.54, 1.807) is 6.07 Å². The van der Waals surface area contributed by atoms with E-state index in [1.807, 2.05) is 0 Å². The zero-order valence-corrected chi connectivity index (χ0v) is 12.9. The predicted octanol–water partition coefficient (Wildman–Crippen LogP) is 1.61. The highest BCUT2D eigenvalue weighted by Crippen LogP contribution is 2.15. The largest absolute Gasteiger partial charge is 0.352 e. The van der Waals surface area contributed by atoms with Crippen molar-refractivity contribution in [2.75, 3.05) is 39.3 Å². The molecular formula is C14H19BrFN3O. The minimum Gasteiger partial charge on any atom is -0.352 e. The number of amides is 1. The molecule has 2 rings (SSSR count). The Morgan fingerprint density at radius 1 is 1.40 bits per heavy atom. The monoisotopic (exact) mass is 343 g/mol. The van der Waals surface area contributed by atoms with E-state index in [4.69, 9.17) is 0 Å². The van der Waals surface area contributed by atoms with E-state index < -0.39 is 5.82 Å². The number of piperazine rings is 1. The van der Waals surface area contributed by atoms with Gasteiger partial charge in [0.15, 0.2) is 0 Å². The number of carbonyl (C=O) groups excluding carboxylic acids is 1. The van der Waals surface area contributed by atoms with Crippen molar-refractivity contribution >= 4 is 21.8 Å². The Bertz CT molecular complexity index is 464. The lowest BCUT2D eigenvalue weighted by atomic mass is 10.2. The fourth-order valence-electron chi connectivity index (χ4n) is 2.21. The Balaban J connectivity index is 1.72. The molecule has 0 spiro atoms. The maximum Gasteiger partial charge on any atom is 0.254 e. The summed E-state index contributed by atoms with van der Waals surface area (Å²) >= 11 is 3.17. The molecule has 2 N–H and O–H groups in total. The molecule has 0 aliphatic carbocycles. The summed E-state index contributed by atoms with van der Waals surface area (Å²) in [7, 11) is 0. The maximum atomic E-state index is 13.6. The van der Waals surface area contributed by atoms with Crippen LogP contribution in [0, 0.1) is 5.82 Å². The van der Waals surface area contributed by atoms with Crippen molar-refractivity contribution in [2.45, 2.75) is 6.42 Å². The average molecular weight is 344 g/mol. The summed E-state index contributed by atoms with van der Waals surface area (Å²) in [5, 5.41) is 6.06. The molecule has 20 heavy (non-hydrogen) atoms. The van der Waals surface area contributed by atoms with E-state index in [0.29, 0.717) is 11.0 Å². The van der Waals surface area contributed by atoms with Gasteiger partial charge in [0.2, 0.25) is 0 Å². The number of nitrogens with one attached hydrogen (secondary N) is 2. The molecule has 1 heterocycles. The second kappa shape index (κ2) is 7.71. The van der Waals surface area contributed by atoms with Crippen molar-refractivity contribution in [3.05, 3.63) is 34.1 Å². The third-order valence-corrected chi connectivity index (χ3v) is 3.82. The number of rotatable bonds is 5. The first-order valence-electron chi connectivity index (χ1n) is 6.83. The van der Waals surface area contributed by atoms with Crippen LogP contribution in [0.5, 0.6) is 0 Å². The van der Waals surface area contributed by atoms with Gasteiger partial charge in [-0.05, 0) is 31.2 Å². The SMILES string of the molecule is O=C(NCCCN1CCNCC1)c1ccc(Br)cc1F. The number of hydrogen-bond acceptors (Lipinski definition) is 3. The van der Waals surface area contributed by atoms with Crippen molar-refractivity contribution < 1.29 is 9.18 Å². The van der Waals surface area contributed by atoms with Crippen LogP contribution in [0.2, 0.25) is 0 Å². The van der Waals surface area contributed by atoms with Crippen LogP contribution in [0.1, 0.15) is 16.8 Å². The fourth-order valence-corrected chi connectivity index (χ4v) is 2.54. The van der Waals surface area contributed by atoms with Crippen molar-refractivity contribution in [2.24, 2.45) is 0 Å². The van der Waals surface area contributed by atoms with E-state index in [9.17, 15) is 9.18 Å². The van der Waals surface area contributed by atoms with Gasteiger partial charge in [-0.25, -0.2) is 4.39 Å². The van der Waals surface area contributed by atoms with Crippen LogP contribution in [-0.2, 0) is 0 Å². The molecule has 1 aromatic carbocycles. The average Bonchev–Trinajstić information content (AvgIpc) is 2.44. The zero-order valence-electron chi connectivity index (χ0n) is 11.3. The molecule has 0 saturated carbocycles. The lowest BCUT2D eigenvalue weighted by molar-refractivity contribution is 0.0947. The Morgan fingerprint density at radius 3 is 2.85 bits per heavy atom. The first-order valence-corrected chi connectivity index (χ1v) is 7.62. The predicted molar refractivity (Wildman–Crippen MR) is 80.4 cm³/mol. The van der Waals surface area contributed by atoms with Gasteiger partial charge in [0, 0.05) is 37.2 Å². The summed E-state index contributed by atoms with van der Waals surface area (Å²) < 4.78 is 14.2. The molecule has 1 aromatic rings. The topological polar surface area (TPSA) is 44.4 Å². The lowest BCUT2D eigenvalue weighted by Gasteiger charge is -2.27. The van der Waals surface area contributed by atoms with Gasteiger partial charge in [0.1, 0.15) is 5.82 Å². The van der Waals surface area contributed by atoms with Crippen molar-refractivity contribution in [3.63, 3.8) is 0 Å². The van der Waals surface area contributed by atoms with Gasteiger partial charge in [-0.1, -0.05) is 15.9 Å². The summed E-state index contributed by atoms with van der Waals surface area (Å²) in [4.78, 5) is 14.2. The molecule has 0 atom stereocenters. The molecule has 1 fully saturated rings. The molecule has 1 aliphatic heterocycles. The van der Waals surface area contributed by atoms with Crippen LogP contribution < -0.4 is 10.6 Å². The summed E-state index contributed by atoms with van der Waals surface area (Å²) in [5.74, 6) is -0.853. The molecule has 110 valence electrons. The van der Waals surface area contributed by atoms with Crippen LogP contribution in [0.25, 0.3) is 0 Å². The second-order valence-electron chi connectivity index (χ2n) is 4.83. The van der Waals surface area contributed by atoms with Gasteiger partial charge in [-0.2, -0.15) is 0 Å². The summed E-state index contributed by atoms with van der Waals surface area (Å²) in [6, 6.07) is 4.46. The normalized spacial score (nSPS) is 16.1. The van der Waals surface area contributed by atoms with Crippen LogP contribution >= 0.6 is 15.9 Å².